The highest BCUT2D eigenvalue weighted by molar-refractivity contribution is 5.89. The molecule has 7 nitrogen and oxygen atoms in total. The van der Waals surface area contributed by atoms with Crippen LogP contribution in [0.15, 0.2) is 24.3 Å². The van der Waals surface area contributed by atoms with E-state index in [9.17, 15) is 14.0 Å². The first kappa shape index (κ1) is 20.5. The van der Waals surface area contributed by atoms with Gasteiger partial charge in [-0.15, -0.1) is 0 Å². The van der Waals surface area contributed by atoms with Crippen LogP contribution in [0, 0.1) is 11.7 Å². The van der Waals surface area contributed by atoms with E-state index < -0.39 is 11.8 Å². The second-order valence-corrected chi connectivity index (χ2v) is 7.77. The summed E-state index contributed by atoms with van der Waals surface area (Å²) < 4.78 is 13.4. The Morgan fingerprint density at radius 1 is 1.21 bits per heavy atom. The Hall–Kier alpha value is -2.19. The van der Waals surface area contributed by atoms with Crippen LogP contribution in [0.1, 0.15) is 19.3 Å². The van der Waals surface area contributed by atoms with Crippen LogP contribution in [0.2, 0.25) is 0 Å². The molecule has 2 aliphatic rings. The number of anilines is 1. The maximum absolute atomic E-state index is 13.4. The van der Waals surface area contributed by atoms with Crippen molar-refractivity contribution in [2.45, 2.75) is 25.3 Å². The van der Waals surface area contributed by atoms with Crippen LogP contribution in [-0.2, 0) is 4.79 Å². The molecule has 2 N–H and O–H groups in total. The molecule has 0 unspecified atom stereocenters. The van der Waals surface area contributed by atoms with Crippen molar-refractivity contribution in [3.05, 3.63) is 30.1 Å². The predicted octanol–water partition coefficient (Wildman–Crippen LogP) is 2.16. The number of nitrogens with one attached hydrogen (secondary N) is 1. The number of likely N-dealkylation sites (N-methyl/N-ethyl adjacent to an activating group) is 1. The zero-order valence-corrected chi connectivity index (χ0v) is 16.3. The smallest absolute Gasteiger partial charge is 0.321 e. The third kappa shape index (κ3) is 5.42. The van der Waals surface area contributed by atoms with Gasteiger partial charge in [-0.2, -0.15) is 0 Å². The maximum atomic E-state index is 13.4. The molecule has 3 rings (SSSR count). The largest absolute Gasteiger partial charge is 0.481 e. The van der Waals surface area contributed by atoms with Gasteiger partial charge in [0.2, 0.25) is 0 Å². The summed E-state index contributed by atoms with van der Waals surface area (Å²) in [4.78, 5) is 30.2. The monoisotopic (exact) mass is 392 g/mol. The lowest BCUT2D eigenvalue weighted by molar-refractivity contribution is -0.137. The fourth-order valence-electron chi connectivity index (χ4n) is 4.20. The van der Waals surface area contributed by atoms with E-state index in [0.717, 1.165) is 32.6 Å². The lowest BCUT2D eigenvalue weighted by atomic mass is 9.86. The molecule has 0 radical (unpaired) electrons. The Balaban J connectivity index is 1.64. The van der Waals surface area contributed by atoms with Crippen LogP contribution < -0.4 is 5.32 Å². The van der Waals surface area contributed by atoms with E-state index in [1.807, 2.05) is 0 Å². The Labute approximate surface area is 165 Å². The van der Waals surface area contributed by atoms with E-state index in [-0.39, 0.29) is 18.4 Å². The van der Waals surface area contributed by atoms with Crippen molar-refractivity contribution in [2.24, 2.45) is 5.92 Å². The fraction of sp³-hybridized carbons (Fsp3) is 0.600. The van der Waals surface area contributed by atoms with Crippen molar-refractivity contribution in [3.63, 3.8) is 0 Å². The second kappa shape index (κ2) is 9.34. The summed E-state index contributed by atoms with van der Waals surface area (Å²) >= 11 is 0. The normalized spacial score (nSPS) is 24.1. The number of urea groups is 1. The van der Waals surface area contributed by atoms with Crippen LogP contribution in [0.4, 0.5) is 14.9 Å². The number of likely N-dealkylation sites (tertiary alicyclic amines) is 1. The molecule has 1 aromatic rings. The first-order valence-electron chi connectivity index (χ1n) is 9.88. The molecule has 2 amide bonds. The number of piperazine rings is 1. The number of piperidine rings is 1. The lowest BCUT2D eigenvalue weighted by Crippen LogP contribution is -2.57. The molecule has 2 aliphatic heterocycles. The number of nitrogens with zero attached hydrogens (tertiary/aromatic N) is 3. The van der Waals surface area contributed by atoms with Gasteiger partial charge in [0.15, 0.2) is 0 Å². The van der Waals surface area contributed by atoms with Gasteiger partial charge >= 0.3 is 12.0 Å². The maximum Gasteiger partial charge on any atom is 0.321 e. The number of benzene rings is 1. The number of aliphatic carboxylic acids is 1. The summed E-state index contributed by atoms with van der Waals surface area (Å²) in [5.41, 5.74) is 0.424. The quantitative estimate of drug-likeness (QED) is 0.803. The summed E-state index contributed by atoms with van der Waals surface area (Å²) in [6.07, 6.45) is 1.48. The molecule has 2 fully saturated rings. The summed E-state index contributed by atoms with van der Waals surface area (Å²) in [7, 11) is 2.11. The van der Waals surface area contributed by atoms with Crippen molar-refractivity contribution in [1.82, 2.24) is 14.7 Å². The van der Waals surface area contributed by atoms with E-state index in [2.05, 4.69) is 22.2 Å². The fourth-order valence-corrected chi connectivity index (χ4v) is 4.20. The molecule has 0 aliphatic carbocycles. The minimum atomic E-state index is -0.807. The third-order valence-electron chi connectivity index (χ3n) is 5.79. The molecule has 154 valence electrons. The number of carbonyl (C=O) groups is 2. The highest BCUT2D eigenvalue weighted by Gasteiger charge is 2.36. The van der Waals surface area contributed by atoms with Gasteiger partial charge in [-0.25, -0.2) is 9.18 Å². The van der Waals surface area contributed by atoms with Crippen molar-refractivity contribution in [3.8, 4) is 0 Å². The molecule has 2 heterocycles. The predicted molar refractivity (Wildman–Crippen MR) is 105 cm³/mol. The van der Waals surface area contributed by atoms with Crippen molar-refractivity contribution < 1.29 is 19.1 Å². The molecule has 28 heavy (non-hydrogen) atoms. The topological polar surface area (TPSA) is 76.1 Å². The van der Waals surface area contributed by atoms with E-state index in [0.29, 0.717) is 31.2 Å². The number of amides is 2. The summed E-state index contributed by atoms with van der Waals surface area (Å²) in [5, 5.41) is 11.9. The first-order valence-corrected chi connectivity index (χ1v) is 9.88. The SMILES string of the molecule is CN1CCN([C@@H]2CCN(C(=O)Nc3cccc(F)c3)C[C@@H]2CCC(=O)O)CC1. The van der Waals surface area contributed by atoms with Gasteiger partial charge in [-0.05, 0) is 44.0 Å². The molecule has 2 atom stereocenters. The standard InChI is InChI=1S/C20H29FN4O3/c1-23-9-11-24(12-10-23)18-7-8-25(14-15(18)5-6-19(26)27)20(28)22-17-4-2-3-16(21)13-17/h2-4,13,15,18H,5-12,14H2,1H3,(H,22,28)(H,26,27)/t15-,18+/m0/s1. The molecule has 0 bridgehead atoms. The third-order valence-corrected chi connectivity index (χ3v) is 5.79. The Kier molecular flexibility index (Phi) is 6.85. The summed E-state index contributed by atoms with van der Waals surface area (Å²) in [6, 6.07) is 5.87. The molecule has 0 aromatic heterocycles. The van der Waals surface area contributed by atoms with Crippen LogP contribution >= 0.6 is 0 Å². The number of hydrogen-bond acceptors (Lipinski definition) is 4. The zero-order chi connectivity index (χ0) is 20.1. The van der Waals surface area contributed by atoms with Gasteiger partial charge in [-0.3, -0.25) is 9.69 Å². The van der Waals surface area contributed by atoms with Crippen molar-refractivity contribution >= 4 is 17.7 Å². The summed E-state index contributed by atoms with van der Waals surface area (Å²) in [5.74, 6) is -1.09. The van der Waals surface area contributed by atoms with Crippen LogP contribution in [-0.4, -0.2) is 84.2 Å². The molecule has 1 aromatic carbocycles. The van der Waals surface area contributed by atoms with E-state index in [4.69, 9.17) is 5.11 Å². The molecule has 0 spiro atoms. The van der Waals surface area contributed by atoms with Crippen molar-refractivity contribution in [1.29, 1.82) is 0 Å². The number of halogens is 1. The van der Waals surface area contributed by atoms with Crippen LogP contribution in [0.25, 0.3) is 0 Å². The van der Waals surface area contributed by atoms with Crippen molar-refractivity contribution in [2.75, 3.05) is 51.6 Å². The number of carboxylic acids is 1. The highest BCUT2D eigenvalue weighted by Crippen LogP contribution is 2.27. The molecule has 0 saturated carbocycles. The molecular weight excluding hydrogens is 363 g/mol. The number of carbonyl (C=O) groups excluding carboxylic acids is 1. The van der Waals surface area contributed by atoms with Gasteiger partial charge < -0.3 is 20.2 Å². The van der Waals surface area contributed by atoms with Crippen LogP contribution in [0.3, 0.4) is 0 Å². The molecule has 8 heteroatoms. The van der Waals surface area contributed by atoms with E-state index >= 15 is 0 Å². The van der Waals surface area contributed by atoms with Gasteiger partial charge in [0.05, 0.1) is 0 Å². The Morgan fingerprint density at radius 3 is 2.64 bits per heavy atom. The molecule has 2 saturated heterocycles. The van der Waals surface area contributed by atoms with Gasteiger partial charge in [0.1, 0.15) is 5.82 Å². The minimum Gasteiger partial charge on any atom is -0.481 e. The van der Waals surface area contributed by atoms with Crippen LogP contribution in [0.5, 0.6) is 0 Å². The summed E-state index contributed by atoms with van der Waals surface area (Å²) in [6.45, 7) is 5.09. The lowest BCUT2D eigenvalue weighted by Gasteiger charge is -2.46. The number of rotatable bonds is 5. The van der Waals surface area contributed by atoms with E-state index in [1.54, 1.807) is 17.0 Å². The zero-order valence-electron chi connectivity index (χ0n) is 16.3. The number of hydrogen-bond donors (Lipinski definition) is 2. The second-order valence-electron chi connectivity index (χ2n) is 7.77. The van der Waals surface area contributed by atoms with Gasteiger partial charge in [0, 0.05) is 57.4 Å². The minimum absolute atomic E-state index is 0.105. The average Bonchev–Trinajstić information content (AvgIpc) is 2.67. The number of carboxylic acid groups (broad SMARTS) is 1. The van der Waals surface area contributed by atoms with Gasteiger partial charge in [-0.1, -0.05) is 6.07 Å². The Bertz CT molecular complexity index is 694. The van der Waals surface area contributed by atoms with Gasteiger partial charge in [0.25, 0.3) is 0 Å². The average molecular weight is 392 g/mol. The molecular formula is C20H29FN4O3. The highest BCUT2D eigenvalue weighted by atomic mass is 19.1. The Morgan fingerprint density at radius 2 is 1.96 bits per heavy atom. The first-order chi connectivity index (χ1) is 13.4. The van der Waals surface area contributed by atoms with E-state index in [1.165, 1.54) is 12.1 Å².